The molecule has 2 aromatic rings. The van der Waals surface area contributed by atoms with Gasteiger partial charge in [-0.25, -0.2) is 4.68 Å². The molecule has 0 amide bonds. The van der Waals surface area contributed by atoms with E-state index < -0.39 is 0 Å². The molecule has 0 saturated heterocycles. The molecule has 4 nitrogen and oxygen atoms in total. The van der Waals surface area contributed by atoms with Crippen LogP contribution in [0.3, 0.4) is 0 Å². The molecule has 1 aromatic heterocycles. The van der Waals surface area contributed by atoms with Crippen LogP contribution in [0.15, 0.2) is 30.3 Å². The van der Waals surface area contributed by atoms with Crippen molar-refractivity contribution >= 4 is 11.6 Å². The van der Waals surface area contributed by atoms with Crippen LogP contribution in [-0.2, 0) is 6.54 Å². The third-order valence-electron chi connectivity index (χ3n) is 2.78. The van der Waals surface area contributed by atoms with Gasteiger partial charge in [0.2, 0.25) is 0 Å². The number of hydrogen-bond donors (Lipinski definition) is 0. The van der Waals surface area contributed by atoms with Crippen molar-refractivity contribution < 1.29 is 0 Å². The Morgan fingerprint density at radius 3 is 2.94 bits per heavy atom. The molecule has 2 heterocycles. The van der Waals surface area contributed by atoms with E-state index in [0.29, 0.717) is 0 Å². The second-order valence-electron chi connectivity index (χ2n) is 3.91. The second kappa shape index (κ2) is 3.89. The summed E-state index contributed by atoms with van der Waals surface area (Å²) in [6, 6.07) is 10.3. The standard InChI is InChI=1S/C12H12N4/c1-2-5-10(6-3-1)9-11-7-4-8-16-12(11)13-14-15-16/h1-3,5-6,9H,4,7-8H2. The van der Waals surface area contributed by atoms with E-state index in [0.717, 1.165) is 25.2 Å². The molecule has 4 heteroatoms. The van der Waals surface area contributed by atoms with Gasteiger partial charge in [0.1, 0.15) is 0 Å². The molecule has 16 heavy (non-hydrogen) atoms. The van der Waals surface area contributed by atoms with E-state index in [1.165, 1.54) is 11.1 Å². The maximum absolute atomic E-state index is 4.07. The molecule has 3 rings (SSSR count). The molecule has 1 aliphatic heterocycles. The molecule has 0 radical (unpaired) electrons. The molecule has 0 spiro atoms. The summed E-state index contributed by atoms with van der Waals surface area (Å²) in [5.41, 5.74) is 2.43. The number of aromatic nitrogens is 4. The van der Waals surface area contributed by atoms with E-state index in [9.17, 15) is 0 Å². The highest BCUT2D eigenvalue weighted by Gasteiger charge is 2.16. The number of allylic oxidation sites excluding steroid dienone is 1. The normalized spacial score (nSPS) is 17.4. The SMILES string of the molecule is C(=C1CCCn2nnnc21)c1ccccc1. The minimum absolute atomic E-state index is 0.912. The molecule has 0 unspecified atom stereocenters. The lowest BCUT2D eigenvalue weighted by atomic mass is 10.0. The number of aryl methyl sites for hydroxylation is 1. The zero-order chi connectivity index (χ0) is 10.8. The van der Waals surface area contributed by atoms with E-state index in [1.54, 1.807) is 0 Å². The van der Waals surface area contributed by atoms with Gasteiger partial charge < -0.3 is 0 Å². The molecule has 1 aliphatic rings. The van der Waals surface area contributed by atoms with Crippen LogP contribution >= 0.6 is 0 Å². The summed E-state index contributed by atoms with van der Waals surface area (Å²) in [7, 11) is 0. The fourth-order valence-electron chi connectivity index (χ4n) is 2.00. The van der Waals surface area contributed by atoms with Crippen molar-refractivity contribution in [1.82, 2.24) is 20.2 Å². The number of fused-ring (bicyclic) bond motifs is 1. The Balaban J connectivity index is 2.01. The number of rotatable bonds is 1. The number of nitrogens with zero attached hydrogens (tertiary/aromatic N) is 4. The Labute approximate surface area is 93.6 Å². The number of hydrogen-bond acceptors (Lipinski definition) is 3. The smallest absolute Gasteiger partial charge is 0.177 e. The average Bonchev–Trinajstić information content (AvgIpc) is 2.80. The van der Waals surface area contributed by atoms with Crippen molar-refractivity contribution in [2.75, 3.05) is 0 Å². The van der Waals surface area contributed by atoms with Crippen molar-refractivity contribution in [2.45, 2.75) is 19.4 Å². The average molecular weight is 212 g/mol. The first kappa shape index (κ1) is 9.27. The van der Waals surface area contributed by atoms with Crippen LogP contribution in [0.25, 0.3) is 11.6 Å². The number of tetrazole rings is 1. The first-order chi connectivity index (χ1) is 7.93. The fraction of sp³-hybridized carbons (Fsp3) is 0.250. The van der Waals surface area contributed by atoms with Crippen molar-refractivity contribution in [3.8, 4) is 0 Å². The summed E-state index contributed by atoms with van der Waals surface area (Å²) in [5, 5.41) is 11.7. The second-order valence-corrected chi connectivity index (χ2v) is 3.91. The van der Waals surface area contributed by atoms with Gasteiger partial charge in [-0.3, -0.25) is 0 Å². The molecular weight excluding hydrogens is 200 g/mol. The summed E-state index contributed by atoms with van der Waals surface area (Å²) in [6.07, 6.45) is 4.33. The Bertz CT molecular complexity index is 513. The van der Waals surface area contributed by atoms with Gasteiger partial charge in [0.05, 0.1) is 0 Å². The van der Waals surface area contributed by atoms with Gasteiger partial charge in [-0.1, -0.05) is 30.3 Å². The maximum atomic E-state index is 4.07. The topological polar surface area (TPSA) is 43.6 Å². The number of benzene rings is 1. The lowest BCUT2D eigenvalue weighted by molar-refractivity contribution is 0.538. The molecule has 0 atom stereocenters. The molecule has 0 bridgehead atoms. The van der Waals surface area contributed by atoms with E-state index in [4.69, 9.17) is 0 Å². The fourth-order valence-corrected chi connectivity index (χ4v) is 2.00. The van der Waals surface area contributed by atoms with Crippen LogP contribution in [0.5, 0.6) is 0 Å². The summed E-state index contributed by atoms with van der Waals surface area (Å²) >= 11 is 0. The van der Waals surface area contributed by atoms with Crippen molar-refractivity contribution in [3.05, 3.63) is 41.7 Å². The van der Waals surface area contributed by atoms with Crippen LogP contribution in [0.1, 0.15) is 24.2 Å². The van der Waals surface area contributed by atoms with Crippen LogP contribution in [-0.4, -0.2) is 20.2 Å². The van der Waals surface area contributed by atoms with Gasteiger partial charge >= 0.3 is 0 Å². The molecule has 0 N–H and O–H groups in total. The van der Waals surface area contributed by atoms with E-state index in [1.807, 2.05) is 22.9 Å². The minimum atomic E-state index is 0.912. The van der Waals surface area contributed by atoms with Crippen molar-refractivity contribution in [1.29, 1.82) is 0 Å². The molecule has 0 aliphatic carbocycles. The van der Waals surface area contributed by atoms with E-state index in [-0.39, 0.29) is 0 Å². The molecule has 1 aromatic carbocycles. The first-order valence-electron chi connectivity index (χ1n) is 5.46. The quantitative estimate of drug-likeness (QED) is 0.726. The lowest BCUT2D eigenvalue weighted by Crippen LogP contribution is -2.11. The predicted molar refractivity (Wildman–Crippen MR) is 61.4 cm³/mol. The predicted octanol–water partition coefficient (Wildman–Crippen LogP) is 2.01. The van der Waals surface area contributed by atoms with E-state index in [2.05, 4.69) is 33.7 Å². The van der Waals surface area contributed by atoms with Crippen molar-refractivity contribution in [2.24, 2.45) is 0 Å². The summed E-state index contributed by atoms with van der Waals surface area (Å²) in [6.45, 7) is 0.925. The summed E-state index contributed by atoms with van der Waals surface area (Å²) < 4.78 is 1.87. The molecular formula is C12H12N4. The van der Waals surface area contributed by atoms with Gasteiger partial charge in [0.25, 0.3) is 0 Å². The Kier molecular flexibility index (Phi) is 2.25. The van der Waals surface area contributed by atoms with Gasteiger partial charge in [0, 0.05) is 6.54 Å². The van der Waals surface area contributed by atoms with Gasteiger partial charge in [-0.05, 0) is 40.5 Å². The van der Waals surface area contributed by atoms with Crippen molar-refractivity contribution in [3.63, 3.8) is 0 Å². The van der Waals surface area contributed by atoms with Gasteiger partial charge in [-0.15, -0.1) is 5.10 Å². The first-order valence-corrected chi connectivity index (χ1v) is 5.46. The maximum Gasteiger partial charge on any atom is 0.177 e. The monoisotopic (exact) mass is 212 g/mol. The van der Waals surface area contributed by atoms with Crippen LogP contribution < -0.4 is 0 Å². The minimum Gasteiger partial charge on any atom is -0.226 e. The third kappa shape index (κ3) is 1.62. The largest absolute Gasteiger partial charge is 0.226 e. The Morgan fingerprint density at radius 2 is 2.06 bits per heavy atom. The molecule has 0 saturated carbocycles. The Hall–Kier alpha value is -1.97. The highest BCUT2D eigenvalue weighted by Crippen LogP contribution is 2.25. The molecule has 80 valence electrons. The Morgan fingerprint density at radius 1 is 1.19 bits per heavy atom. The van der Waals surface area contributed by atoms with Crippen LogP contribution in [0.2, 0.25) is 0 Å². The van der Waals surface area contributed by atoms with Gasteiger partial charge in [0.15, 0.2) is 5.82 Å². The van der Waals surface area contributed by atoms with E-state index >= 15 is 0 Å². The summed E-state index contributed by atoms with van der Waals surface area (Å²) in [5.74, 6) is 0.912. The lowest BCUT2D eigenvalue weighted by Gasteiger charge is -2.13. The highest BCUT2D eigenvalue weighted by molar-refractivity contribution is 5.78. The van der Waals surface area contributed by atoms with Crippen LogP contribution in [0.4, 0.5) is 0 Å². The highest BCUT2D eigenvalue weighted by atomic mass is 15.5. The third-order valence-corrected chi connectivity index (χ3v) is 2.78. The van der Waals surface area contributed by atoms with Crippen LogP contribution in [0, 0.1) is 0 Å². The zero-order valence-corrected chi connectivity index (χ0v) is 8.87. The zero-order valence-electron chi connectivity index (χ0n) is 8.87. The summed E-state index contributed by atoms with van der Waals surface area (Å²) in [4.78, 5) is 0. The van der Waals surface area contributed by atoms with Gasteiger partial charge in [-0.2, -0.15) is 0 Å². The molecule has 0 fully saturated rings.